The molecule has 2 N–H and O–H groups in total. The van der Waals surface area contributed by atoms with Crippen LogP contribution in [0.15, 0.2) is 6.07 Å². The molecule has 2 aliphatic carbocycles. The van der Waals surface area contributed by atoms with Crippen LogP contribution < -0.4 is 5.73 Å². The summed E-state index contributed by atoms with van der Waals surface area (Å²) in [5.74, 6) is 2.76. The third-order valence-electron chi connectivity index (χ3n) is 4.27. The van der Waals surface area contributed by atoms with Crippen LogP contribution in [-0.2, 0) is 0 Å². The lowest BCUT2D eigenvalue weighted by Gasteiger charge is -2.13. The molecule has 3 rings (SSSR count). The first-order valence-electron chi connectivity index (χ1n) is 6.01. The highest BCUT2D eigenvalue weighted by molar-refractivity contribution is 7.12. The van der Waals surface area contributed by atoms with Crippen molar-refractivity contribution < 1.29 is 0 Å². The summed E-state index contributed by atoms with van der Waals surface area (Å²) in [4.78, 5) is 2.86. The summed E-state index contributed by atoms with van der Waals surface area (Å²) in [5, 5.41) is 0. The molecule has 1 nitrogen and oxygen atoms in total. The Hall–Kier alpha value is -0.340. The van der Waals surface area contributed by atoms with Gasteiger partial charge in [-0.15, -0.1) is 11.3 Å². The lowest BCUT2D eigenvalue weighted by atomic mass is 10.0. The number of fused-ring (bicyclic) bond motifs is 1. The zero-order valence-corrected chi connectivity index (χ0v) is 10.3. The van der Waals surface area contributed by atoms with Crippen LogP contribution in [-0.4, -0.2) is 0 Å². The molecule has 0 amide bonds. The van der Waals surface area contributed by atoms with Gasteiger partial charge in [-0.2, -0.15) is 0 Å². The zero-order valence-electron chi connectivity index (χ0n) is 9.49. The van der Waals surface area contributed by atoms with Crippen molar-refractivity contribution in [3.05, 3.63) is 21.4 Å². The summed E-state index contributed by atoms with van der Waals surface area (Å²) in [7, 11) is 0. The Labute approximate surface area is 95.7 Å². The van der Waals surface area contributed by atoms with Gasteiger partial charge >= 0.3 is 0 Å². The molecular formula is C13H19NS. The topological polar surface area (TPSA) is 26.0 Å². The van der Waals surface area contributed by atoms with Gasteiger partial charge < -0.3 is 5.73 Å². The average molecular weight is 221 g/mol. The molecule has 3 unspecified atom stereocenters. The van der Waals surface area contributed by atoms with Gasteiger partial charge in [0, 0.05) is 15.8 Å². The minimum absolute atomic E-state index is 0.332. The highest BCUT2D eigenvalue weighted by Crippen LogP contribution is 2.62. The summed E-state index contributed by atoms with van der Waals surface area (Å²) >= 11 is 1.90. The van der Waals surface area contributed by atoms with Crippen molar-refractivity contribution in [3.8, 4) is 0 Å². The number of aryl methyl sites for hydroxylation is 2. The van der Waals surface area contributed by atoms with Gasteiger partial charge in [-0.05, 0) is 56.1 Å². The quantitative estimate of drug-likeness (QED) is 0.813. The molecule has 2 aliphatic rings. The van der Waals surface area contributed by atoms with Crippen LogP contribution in [0.1, 0.15) is 40.6 Å². The second kappa shape index (κ2) is 3.33. The third kappa shape index (κ3) is 1.46. The molecule has 0 spiro atoms. The van der Waals surface area contributed by atoms with Crippen LogP contribution in [0.25, 0.3) is 0 Å². The van der Waals surface area contributed by atoms with Crippen LogP contribution in [0.3, 0.4) is 0 Å². The van der Waals surface area contributed by atoms with Crippen LogP contribution in [0.4, 0.5) is 0 Å². The molecule has 1 aromatic rings. The minimum Gasteiger partial charge on any atom is -0.323 e. The van der Waals surface area contributed by atoms with Gasteiger partial charge in [0.25, 0.3) is 0 Å². The normalized spacial score (nSPS) is 35.3. The maximum absolute atomic E-state index is 6.42. The van der Waals surface area contributed by atoms with Gasteiger partial charge in [-0.1, -0.05) is 6.42 Å². The molecule has 0 saturated heterocycles. The predicted octanol–water partition coefficient (Wildman–Crippen LogP) is 3.41. The molecular weight excluding hydrogens is 202 g/mol. The Morgan fingerprint density at radius 2 is 2.00 bits per heavy atom. The Morgan fingerprint density at radius 3 is 2.53 bits per heavy atom. The predicted molar refractivity (Wildman–Crippen MR) is 65.0 cm³/mol. The van der Waals surface area contributed by atoms with Crippen LogP contribution in [0.5, 0.6) is 0 Å². The van der Waals surface area contributed by atoms with Crippen molar-refractivity contribution in [1.29, 1.82) is 0 Å². The number of hydrogen-bond acceptors (Lipinski definition) is 2. The second-order valence-corrected chi connectivity index (χ2v) is 6.55. The van der Waals surface area contributed by atoms with E-state index in [-0.39, 0.29) is 0 Å². The van der Waals surface area contributed by atoms with Gasteiger partial charge in [0.2, 0.25) is 0 Å². The van der Waals surface area contributed by atoms with E-state index in [9.17, 15) is 0 Å². The fourth-order valence-electron chi connectivity index (χ4n) is 3.57. The van der Waals surface area contributed by atoms with Crippen molar-refractivity contribution in [2.24, 2.45) is 23.5 Å². The number of nitrogens with two attached hydrogens (primary N) is 1. The van der Waals surface area contributed by atoms with Crippen LogP contribution in [0, 0.1) is 31.6 Å². The molecule has 0 radical (unpaired) electrons. The summed E-state index contributed by atoms with van der Waals surface area (Å²) in [5.41, 5.74) is 7.83. The Morgan fingerprint density at radius 1 is 1.33 bits per heavy atom. The van der Waals surface area contributed by atoms with Crippen LogP contribution >= 0.6 is 11.3 Å². The van der Waals surface area contributed by atoms with E-state index in [4.69, 9.17) is 5.73 Å². The highest BCUT2D eigenvalue weighted by atomic mass is 32.1. The molecule has 0 aliphatic heterocycles. The molecule has 3 atom stereocenters. The van der Waals surface area contributed by atoms with E-state index in [1.54, 1.807) is 0 Å². The van der Waals surface area contributed by atoms with Crippen molar-refractivity contribution in [2.45, 2.75) is 39.2 Å². The van der Waals surface area contributed by atoms with E-state index in [0.29, 0.717) is 6.04 Å². The van der Waals surface area contributed by atoms with Crippen molar-refractivity contribution in [2.75, 3.05) is 0 Å². The summed E-state index contributed by atoms with van der Waals surface area (Å²) in [6, 6.07) is 2.61. The maximum Gasteiger partial charge on any atom is 0.0426 e. The van der Waals surface area contributed by atoms with Crippen molar-refractivity contribution >= 4 is 11.3 Å². The van der Waals surface area contributed by atoms with Crippen LogP contribution in [0.2, 0.25) is 0 Å². The molecule has 0 aromatic carbocycles. The number of hydrogen-bond donors (Lipinski definition) is 1. The first kappa shape index (κ1) is 9.86. The van der Waals surface area contributed by atoms with Gasteiger partial charge in [-0.3, -0.25) is 0 Å². The fraction of sp³-hybridized carbons (Fsp3) is 0.692. The van der Waals surface area contributed by atoms with E-state index >= 15 is 0 Å². The third-order valence-corrected chi connectivity index (χ3v) is 5.52. The highest BCUT2D eigenvalue weighted by Gasteiger charge is 2.55. The average Bonchev–Trinajstić information content (AvgIpc) is 2.58. The summed E-state index contributed by atoms with van der Waals surface area (Å²) < 4.78 is 0. The zero-order chi connectivity index (χ0) is 10.6. The van der Waals surface area contributed by atoms with Gasteiger partial charge in [0.15, 0.2) is 0 Å². The first-order chi connectivity index (χ1) is 7.18. The van der Waals surface area contributed by atoms with E-state index in [2.05, 4.69) is 19.9 Å². The Kier molecular flexibility index (Phi) is 2.18. The molecule has 1 heterocycles. The summed E-state index contributed by atoms with van der Waals surface area (Å²) in [6.45, 7) is 4.39. The number of thiophene rings is 1. The molecule has 0 bridgehead atoms. The SMILES string of the molecule is Cc1cc(C)c(C(N)C2C3CCCC32)s1. The van der Waals surface area contributed by atoms with Gasteiger partial charge in [-0.25, -0.2) is 0 Å². The smallest absolute Gasteiger partial charge is 0.0426 e. The van der Waals surface area contributed by atoms with Crippen molar-refractivity contribution in [3.63, 3.8) is 0 Å². The molecule has 82 valence electrons. The van der Waals surface area contributed by atoms with E-state index in [0.717, 1.165) is 17.8 Å². The van der Waals surface area contributed by atoms with E-state index in [1.807, 2.05) is 11.3 Å². The lowest BCUT2D eigenvalue weighted by molar-refractivity contribution is 0.506. The largest absolute Gasteiger partial charge is 0.323 e. The monoisotopic (exact) mass is 221 g/mol. The fourth-order valence-corrected chi connectivity index (χ4v) is 4.67. The number of rotatable bonds is 2. The first-order valence-corrected chi connectivity index (χ1v) is 6.82. The van der Waals surface area contributed by atoms with Gasteiger partial charge in [0.05, 0.1) is 0 Å². The van der Waals surface area contributed by atoms with Gasteiger partial charge in [0.1, 0.15) is 0 Å². The second-order valence-electron chi connectivity index (χ2n) is 5.27. The Bertz CT molecular complexity index is 372. The molecule has 2 fully saturated rings. The van der Waals surface area contributed by atoms with Crippen molar-refractivity contribution in [1.82, 2.24) is 0 Å². The molecule has 2 heteroatoms. The maximum atomic E-state index is 6.42. The molecule has 1 aromatic heterocycles. The molecule has 15 heavy (non-hydrogen) atoms. The standard InChI is InChI=1S/C13H19NS/c1-7-6-8(2)15-13(7)12(14)11-9-4-3-5-10(9)11/h6,9-12H,3-5,14H2,1-2H3. The van der Waals surface area contributed by atoms with E-state index < -0.39 is 0 Å². The molecule has 2 saturated carbocycles. The van der Waals surface area contributed by atoms with E-state index in [1.165, 1.54) is 34.6 Å². The summed E-state index contributed by atoms with van der Waals surface area (Å²) in [6.07, 6.45) is 4.32. The minimum atomic E-state index is 0.332. The lowest BCUT2D eigenvalue weighted by Crippen LogP contribution is -2.14. The Balaban J connectivity index is 1.80.